The third-order valence-corrected chi connectivity index (χ3v) is 5.37. The lowest BCUT2D eigenvalue weighted by atomic mass is 9.94. The number of benzene rings is 1. The van der Waals surface area contributed by atoms with Crippen molar-refractivity contribution in [2.75, 3.05) is 20.4 Å². The molecule has 0 radical (unpaired) electrons. The topological polar surface area (TPSA) is 119 Å². The zero-order valence-electron chi connectivity index (χ0n) is 15.9. The van der Waals surface area contributed by atoms with E-state index in [0.717, 1.165) is 37.0 Å². The number of fused-ring (bicyclic) bond motifs is 1. The number of amides is 1. The van der Waals surface area contributed by atoms with Gasteiger partial charge in [-0.1, -0.05) is 19.3 Å². The molecule has 2 unspecified atom stereocenters. The highest BCUT2D eigenvalue weighted by molar-refractivity contribution is 5.84. The molecule has 1 saturated carbocycles. The van der Waals surface area contributed by atoms with Crippen LogP contribution in [0, 0.1) is 21.4 Å². The molecule has 1 aliphatic carbocycles. The summed E-state index contributed by atoms with van der Waals surface area (Å²) >= 11 is 0. The third kappa shape index (κ3) is 4.34. The predicted molar refractivity (Wildman–Crippen MR) is 99.0 cm³/mol. The molecule has 1 aromatic carbocycles. The standard InChI is InChI=1S/C19H24N4O5/c1-22(9-5-8-20)18(19(24)21-13-6-3-2-4-7-13)14-10-16-17(28-12-27-16)11-15(14)23(25)26/h10-11,13,18H,2-7,9,12H2,1H3,(H,21,24)/p+1. The second-order valence-corrected chi connectivity index (χ2v) is 7.30. The van der Waals surface area contributed by atoms with Gasteiger partial charge in [-0.25, -0.2) is 0 Å². The highest BCUT2D eigenvalue weighted by Gasteiger charge is 2.38. The molecule has 150 valence electrons. The molecule has 1 amide bonds. The van der Waals surface area contributed by atoms with Gasteiger partial charge in [-0.3, -0.25) is 14.9 Å². The minimum absolute atomic E-state index is 0.00793. The second-order valence-electron chi connectivity index (χ2n) is 7.30. The second kappa shape index (κ2) is 8.89. The van der Waals surface area contributed by atoms with Crippen molar-refractivity contribution in [3.63, 3.8) is 0 Å². The molecular weight excluding hydrogens is 364 g/mol. The van der Waals surface area contributed by atoms with Crippen LogP contribution >= 0.6 is 0 Å². The molecule has 9 nitrogen and oxygen atoms in total. The summed E-state index contributed by atoms with van der Waals surface area (Å²) in [6.07, 6.45) is 5.37. The van der Waals surface area contributed by atoms with E-state index in [0.29, 0.717) is 18.0 Å². The van der Waals surface area contributed by atoms with Crippen LogP contribution in [0.5, 0.6) is 11.5 Å². The van der Waals surface area contributed by atoms with Crippen molar-refractivity contribution < 1.29 is 24.1 Å². The van der Waals surface area contributed by atoms with Crippen LogP contribution in [-0.2, 0) is 4.79 Å². The van der Waals surface area contributed by atoms with Crippen LogP contribution in [0.4, 0.5) is 5.69 Å². The zero-order valence-corrected chi connectivity index (χ0v) is 15.9. The summed E-state index contributed by atoms with van der Waals surface area (Å²) in [6.45, 7) is 0.386. The van der Waals surface area contributed by atoms with E-state index in [9.17, 15) is 14.9 Å². The number of carbonyl (C=O) groups is 1. The predicted octanol–water partition coefficient (Wildman–Crippen LogP) is 1.24. The molecule has 0 aromatic heterocycles. The van der Waals surface area contributed by atoms with E-state index < -0.39 is 11.0 Å². The fourth-order valence-electron chi connectivity index (χ4n) is 3.90. The SMILES string of the molecule is C[NH+](CCC#N)C(C(=O)NC1CCCCC1)c1cc2c(cc1[N+](=O)[O-])OCO2. The van der Waals surface area contributed by atoms with E-state index in [1.54, 1.807) is 7.05 Å². The lowest BCUT2D eigenvalue weighted by Crippen LogP contribution is -3.10. The molecule has 1 aliphatic heterocycles. The Morgan fingerprint density at radius 1 is 1.36 bits per heavy atom. The van der Waals surface area contributed by atoms with Crippen LogP contribution in [0.25, 0.3) is 0 Å². The highest BCUT2D eigenvalue weighted by Crippen LogP contribution is 2.39. The zero-order chi connectivity index (χ0) is 20.1. The number of nitrogens with zero attached hydrogens (tertiary/aromatic N) is 2. The molecule has 28 heavy (non-hydrogen) atoms. The van der Waals surface area contributed by atoms with Gasteiger partial charge in [0, 0.05) is 12.1 Å². The molecule has 0 spiro atoms. The van der Waals surface area contributed by atoms with Crippen molar-refractivity contribution in [3.05, 3.63) is 27.8 Å². The minimum atomic E-state index is -0.815. The van der Waals surface area contributed by atoms with Gasteiger partial charge in [-0.2, -0.15) is 5.26 Å². The molecule has 3 rings (SSSR count). The maximum absolute atomic E-state index is 13.2. The number of nitrogens with one attached hydrogen (secondary N) is 2. The Morgan fingerprint density at radius 3 is 2.68 bits per heavy atom. The van der Waals surface area contributed by atoms with Crippen LogP contribution in [0.1, 0.15) is 50.1 Å². The summed E-state index contributed by atoms with van der Waals surface area (Å²) in [6, 6.07) is 4.19. The first-order valence-corrected chi connectivity index (χ1v) is 9.59. The van der Waals surface area contributed by atoms with E-state index in [1.807, 2.05) is 0 Å². The first-order chi connectivity index (χ1) is 13.5. The van der Waals surface area contributed by atoms with Crippen molar-refractivity contribution in [1.29, 1.82) is 5.26 Å². The first kappa shape index (κ1) is 19.9. The first-order valence-electron chi connectivity index (χ1n) is 9.59. The number of likely N-dealkylation sites (N-methyl/N-ethyl adjacent to an activating group) is 1. The number of hydrogen-bond donors (Lipinski definition) is 2. The average Bonchev–Trinajstić information content (AvgIpc) is 3.14. The monoisotopic (exact) mass is 389 g/mol. The summed E-state index contributed by atoms with van der Waals surface area (Å²) in [5, 5.41) is 23.7. The molecular formula is C19H25N4O5+. The largest absolute Gasteiger partial charge is 0.454 e. The molecule has 1 heterocycles. The third-order valence-electron chi connectivity index (χ3n) is 5.37. The lowest BCUT2D eigenvalue weighted by molar-refractivity contribution is -0.902. The van der Waals surface area contributed by atoms with E-state index in [2.05, 4.69) is 11.4 Å². The fourth-order valence-corrected chi connectivity index (χ4v) is 3.90. The van der Waals surface area contributed by atoms with Gasteiger partial charge in [0.25, 0.3) is 11.6 Å². The Labute approximate surface area is 163 Å². The van der Waals surface area contributed by atoms with Crippen LogP contribution in [0.3, 0.4) is 0 Å². The minimum Gasteiger partial charge on any atom is -0.454 e. The Balaban J connectivity index is 1.95. The van der Waals surface area contributed by atoms with Gasteiger partial charge < -0.3 is 19.7 Å². The van der Waals surface area contributed by atoms with Crippen LogP contribution in [0.2, 0.25) is 0 Å². The van der Waals surface area contributed by atoms with E-state index in [1.165, 1.54) is 12.1 Å². The number of rotatable bonds is 7. The van der Waals surface area contributed by atoms with Crippen molar-refractivity contribution >= 4 is 11.6 Å². The van der Waals surface area contributed by atoms with Crippen LogP contribution < -0.4 is 19.7 Å². The summed E-state index contributed by atoms with van der Waals surface area (Å²) < 4.78 is 10.6. The molecule has 9 heteroatoms. The number of ether oxygens (including phenoxy) is 2. The molecule has 0 bridgehead atoms. The smallest absolute Gasteiger partial charge is 0.283 e. The lowest BCUT2D eigenvalue weighted by Gasteiger charge is -2.28. The van der Waals surface area contributed by atoms with Gasteiger partial charge in [0.15, 0.2) is 17.5 Å². The number of nitro groups is 1. The summed E-state index contributed by atoms with van der Waals surface area (Å²) in [7, 11) is 1.77. The maximum atomic E-state index is 13.2. The average molecular weight is 389 g/mol. The van der Waals surface area contributed by atoms with Gasteiger partial charge in [-0.05, 0) is 12.8 Å². The van der Waals surface area contributed by atoms with Crippen molar-refractivity contribution in [1.82, 2.24) is 5.32 Å². The summed E-state index contributed by atoms with van der Waals surface area (Å²) in [4.78, 5) is 25.1. The van der Waals surface area contributed by atoms with Crippen LogP contribution in [0.15, 0.2) is 12.1 Å². The molecule has 2 aliphatic rings. The number of carbonyl (C=O) groups excluding carboxylic acids is 1. The van der Waals surface area contributed by atoms with Crippen molar-refractivity contribution in [2.45, 2.75) is 50.6 Å². The summed E-state index contributed by atoms with van der Waals surface area (Å²) in [5.41, 5.74) is 0.0994. The Hall–Kier alpha value is -2.86. The quantitative estimate of drug-likeness (QED) is 0.535. The van der Waals surface area contributed by atoms with Gasteiger partial charge in [0.2, 0.25) is 6.79 Å². The molecule has 1 fully saturated rings. The maximum Gasteiger partial charge on any atom is 0.283 e. The Morgan fingerprint density at radius 2 is 2.04 bits per heavy atom. The number of quaternary nitrogens is 1. The number of nitro benzene ring substituents is 1. The van der Waals surface area contributed by atoms with Gasteiger partial charge in [-0.15, -0.1) is 0 Å². The molecule has 2 atom stereocenters. The van der Waals surface area contributed by atoms with Gasteiger partial charge in [0.1, 0.15) is 5.56 Å². The Bertz CT molecular complexity index is 785. The van der Waals surface area contributed by atoms with E-state index in [-0.39, 0.29) is 36.4 Å². The molecule has 1 aromatic rings. The molecule has 2 N–H and O–H groups in total. The van der Waals surface area contributed by atoms with E-state index >= 15 is 0 Å². The normalized spacial score (nSPS) is 18.1. The van der Waals surface area contributed by atoms with Crippen molar-refractivity contribution in [2.24, 2.45) is 0 Å². The number of nitriles is 1. The summed E-state index contributed by atoms with van der Waals surface area (Å²) in [5.74, 6) is 0.435. The van der Waals surface area contributed by atoms with Crippen LogP contribution in [-0.4, -0.2) is 37.3 Å². The van der Waals surface area contributed by atoms with Crippen molar-refractivity contribution in [3.8, 4) is 17.6 Å². The fraction of sp³-hybridized carbons (Fsp3) is 0.579. The van der Waals surface area contributed by atoms with E-state index in [4.69, 9.17) is 14.7 Å². The number of hydrogen-bond acceptors (Lipinski definition) is 6. The molecule has 0 saturated heterocycles. The highest BCUT2D eigenvalue weighted by atomic mass is 16.7. The van der Waals surface area contributed by atoms with Gasteiger partial charge >= 0.3 is 0 Å². The Kier molecular flexibility index (Phi) is 6.31. The van der Waals surface area contributed by atoms with Gasteiger partial charge in [0.05, 0.1) is 37.1 Å².